The lowest BCUT2D eigenvalue weighted by molar-refractivity contribution is -0.137. The minimum absolute atomic E-state index is 0. The highest BCUT2D eigenvalue weighted by Gasteiger charge is 2.28. The van der Waals surface area contributed by atoms with E-state index >= 15 is 0 Å². The molecule has 22 heavy (non-hydrogen) atoms. The summed E-state index contributed by atoms with van der Waals surface area (Å²) in [6.45, 7) is 7.44. The third-order valence-electron chi connectivity index (χ3n) is 4.03. The van der Waals surface area contributed by atoms with Gasteiger partial charge in [-0.25, -0.2) is 0 Å². The highest BCUT2D eigenvalue weighted by Crippen LogP contribution is 2.18. The van der Waals surface area contributed by atoms with Gasteiger partial charge in [0.05, 0.1) is 0 Å². The molecular formula is C16H32ClN3O2. The van der Waals surface area contributed by atoms with Gasteiger partial charge in [-0.2, -0.15) is 0 Å². The molecule has 0 radical (unpaired) electrons. The molecule has 0 bridgehead atoms. The van der Waals surface area contributed by atoms with Gasteiger partial charge in [0.15, 0.2) is 0 Å². The Morgan fingerprint density at radius 1 is 1.18 bits per heavy atom. The molecular weight excluding hydrogens is 302 g/mol. The van der Waals surface area contributed by atoms with E-state index in [4.69, 9.17) is 0 Å². The second kappa shape index (κ2) is 11.7. The van der Waals surface area contributed by atoms with Crippen LogP contribution in [0.15, 0.2) is 0 Å². The van der Waals surface area contributed by atoms with Crippen molar-refractivity contribution in [2.24, 2.45) is 0 Å². The molecule has 1 saturated heterocycles. The van der Waals surface area contributed by atoms with Gasteiger partial charge in [-0.3, -0.25) is 9.59 Å². The Kier molecular flexibility index (Phi) is 11.3. The lowest BCUT2D eigenvalue weighted by atomic mass is 10.2. The number of hydrogen-bond donors (Lipinski definition) is 1. The van der Waals surface area contributed by atoms with Gasteiger partial charge in [0.25, 0.3) is 0 Å². The summed E-state index contributed by atoms with van der Waals surface area (Å²) in [5.41, 5.74) is 0. The molecule has 1 heterocycles. The number of carbonyl (C=O) groups excluding carboxylic acids is 2. The predicted molar refractivity (Wildman–Crippen MR) is 92.3 cm³/mol. The highest BCUT2D eigenvalue weighted by atomic mass is 35.5. The maximum Gasteiger partial charge on any atom is 0.223 e. The number of likely N-dealkylation sites (N-methyl/N-ethyl adjacent to an activating group) is 1. The summed E-state index contributed by atoms with van der Waals surface area (Å²) in [6.07, 6.45) is 4.78. The lowest BCUT2D eigenvalue weighted by Crippen LogP contribution is -2.41. The van der Waals surface area contributed by atoms with E-state index in [1.54, 1.807) is 0 Å². The summed E-state index contributed by atoms with van der Waals surface area (Å²) in [6, 6.07) is 0.306. The summed E-state index contributed by atoms with van der Waals surface area (Å²) in [7, 11) is 1.91. The zero-order chi connectivity index (χ0) is 15.7. The molecule has 2 amide bonds. The summed E-state index contributed by atoms with van der Waals surface area (Å²) >= 11 is 0. The van der Waals surface area contributed by atoms with Crippen LogP contribution in [0.4, 0.5) is 0 Å². The summed E-state index contributed by atoms with van der Waals surface area (Å²) < 4.78 is 0. The van der Waals surface area contributed by atoms with Gasteiger partial charge in [-0.1, -0.05) is 13.8 Å². The van der Waals surface area contributed by atoms with Gasteiger partial charge >= 0.3 is 0 Å². The molecule has 1 N–H and O–H groups in total. The molecule has 130 valence electrons. The van der Waals surface area contributed by atoms with E-state index in [2.05, 4.69) is 19.2 Å². The number of hydrogen-bond acceptors (Lipinski definition) is 3. The quantitative estimate of drug-likeness (QED) is 0.702. The maximum absolute atomic E-state index is 12.3. The van der Waals surface area contributed by atoms with Crippen LogP contribution in [-0.2, 0) is 9.59 Å². The molecule has 1 aliphatic rings. The first-order valence-corrected chi connectivity index (χ1v) is 8.35. The van der Waals surface area contributed by atoms with E-state index in [9.17, 15) is 9.59 Å². The van der Waals surface area contributed by atoms with Crippen LogP contribution in [0.25, 0.3) is 0 Å². The first-order chi connectivity index (χ1) is 10.1. The van der Waals surface area contributed by atoms with Crippen molar-refractivity contribution < 1.29 is 9.59 Å². The van der Waals surface area contributed by atoms with Gasteiger partial charge in [0.2, 0.25) is 11.8 Å². The largest absolute Gasteiger partial charge is 0.343 e. The van der Waals surface area contributed by atoms with Crippen LogP contribution in [0.3, 0.4) is 0 Å². The molecule has 1 unspecified atom stereocenters. The topological polar surface area (TPSA) is 52.7 Å². The van der Waals surface area contributed by atoms with E-state index in [-0.39, 0.29) is 24.2 Å². The van der Waals surface area contributed by atoms with Crippen LogP contribution in [0.2, 0.25) is 0 Å². The molecule has 1 atom stereocenters. The molecule has 0 aromatic rings. The number of carbonyl (C=O) groups is 2. The lowest BCUT2D eigenvalue weighted by Gasteiger charge is -2.25. The third kappa shape index (κ3) is 6.53. The van der Waals surface area contributed by atoms with Crippen molar-refractivity contribution >= 4 is 24.2 Å². The second-order valence-corrected chi connectivity index (χ2v) is 5.82. The van der Waals surface area contributed by atoms with Gasteiger partial charge in [-0.15, -0.1) is 12.4 Å². The molecule has 0 spiro atoms. The molecule has 1 fully saturated rings. The first-order valence-electron chi connectivity index (χ1n) is 8.35. The van der Waals surface area contributed by atoms with E-state index < -0.39 is 0 Å². The smallest absolute Gasteiger partial charge is 0.223 e. The number of amides is 2. The van der Waals surface area contributed by atoms with Crippen molar-refractivity contribution in [2.75, 3.05) is 33.2 Å². The fraction of sp³-hybridized carbons (Fsp3) is 0.875. The summed E-state index contributed by atoms with van der Waals surface area (Å²) in [5.74, 6) is 0.255. The summed E-state index contributed by atoms with van der Waals surface area (Å²) in [4.78, 5) is 28.3. The van der Waals surface area contributed by atoms with E-state index in [1.807, 2.05) is 16.8 Å². The molecule has 0 aromatic heterocycles. The van der Waals surface area contributed by atoms with Crippen LogP contribution in [-0.4, -0.2) is 60.9 Å². The molecule has 0 aromatic carbocycles. The Hall–Kier alpha value is -0.810. The van der Waals surface area contributed by atoms with Crippen molar-refractivity contribution in [1.82, 2.24) is 15.1 Å². The molecule has 1 aliphatic heterocycles. The van der Waals surface area contributed by atoms with Gasteiger partial charge in [0, 0.05) is 45.1 Å². The number of nitrogens with zero attached hydrogens (tertiary/aromatic N) is 2. The molecule has 5 nitrogen and oxygen atoms in total. The first kappa shape index (κ1) is 21.2. The van der Waals surface area contributed by atoms with Crippen molar-refractivity contribution in [3.8, 4) is 0 Å². The van der Waals surface area contributed by atoms with Crippen LogP contribution >= 0.6 is 12.4 Å². The Labute approximate surface area is 141 Å². The van der Waals surface area contributed by atoms with Crippen molar-refractivity contribution in [1.29, 1.82) is 0 Å². The zero-order valence-electron chi connectivity index (χ0n) is 14.3. The molecule has 0 aliphatic carbocycles. The molecule has 0 saturated carbocycles. The van der Waals surface area contributed by atoms with Crippen LogP contribution in [0.1, 0.15) is 52.4 Å². The van der Waals surface area contributed by atoms with Gasteiger partial charge in [-0.05, 0) is 32.7 Å². The van der Waals surface area contributed by atoms with Crippen LogP contribution < -0.4 is 5.32 Å². The van der Waals surface area contributed by atoms with Gasteiger partial charge in [0.1, 0.15) is 0 Å². The van der Waals surface area contributed by atoms with Crippen LogP contribution in [0, 0.1) is 0 Å². The summed E-state index contributed by atoms with van der Waals surface area (Å²) in [5, 5.41) is 3.14. The monoisotopic (exact) mass is 333 g/mol. The Morgan fingerprint density at radius 2 is 1.82 bits per heavy atom. The van der Waals surface area contributed by atoms with Crippen molar-refractivity contribution in [3.63, 3.8) is 0 Å². The minimum Gasteiger partial charge on any atom is -0.343 e. The Morgan fingerprint density at radius 3 is 2.36 bits per heavy atom. The SMILES string of the molecule is CCCN(CCC)C(=O)CCC(=O)N1CCCC1CNC.Cl. The standard InChI is InChI=1S/C16H31N3O2.ClH/c1-4-10-18(11-5-2)15(20)8-9-16(21)19-12-6-7-14(19)13-17-3;/h14,17H,4-13H2,1-3H3;1H. The minimum atomic E-state index is 0. The predicted octanol–water partition coefficient (Wildman–Crippen LogP) is 2.05. The van der Waals surface area contributed by atoms with E-state index in [1.165, 1.54) is 0 Å². The van der Waals surface area contributed by atoms with Crippen LogP contribution in [0.5, 0.6) is 0 Å². The van der Waals surface area contributed by atoms with E-state index in [0.717, 1.165) is 51.9 Å². The number of nitrogens with one attached hydrogen (secondary N) is 1. The fourth-order valence-electron chi connectivity index (χ4n) is 3.03. The average Bonchev–Trinajstić information content (AvgIpc) is 2.93. The molecule has 1 rings (SSSR count). The molecule has 6 heteroatoms. The zero-order valence-corrected chi connectivity index (χ0v) is 15.1. The Balaban J connectivity index is 0.00000441. The average molecular weight is 334 g/mol. The van der Waals surface area contributed by atoms with Crippen molar-refractivity contribution in [3.05, 3.63) is 0 Å². The second-order valence-electron chi connectivity index (χ2n) is 5.82. The number of likely N-dealkylation sites (tertiary alicyclic amines) is 1. The van der Waals surface area contributed by atoms with Crippen molar-refractivity contribution in [2.45, 2.75) is 58.4 Å². The fourth-order valence-corrected chi connectivity index (χ4v) is 3.03. The van der Waals surface area contributed by atoms with Gasteiger partial charge < -0.3 is 15.1 Å². The number of rotatable bonds is 9. The third-order valence-corrected chi connectivity index (χ3v) is 4.03. The number of halogens is 1. The maximum atomic E-state index is 12.3. The normalized spacial score (nSPS) is 17.2. The highest BCUT2D eigenvalue weighted by molar-refractivity contribution is 5.85. The van der Waals surface area contributed by atoms with E-state index in [0.29, 0.717) is 18.9 Å². The Bertz CT molecular complexity index is 333.